The first-order valence-corrected chi connectivity index (χ1v) is 13.1. The minimum Gasteiger partial charge on any atom is -0.444 e. The molecule has 1 atom stereocenters. The molecule has 0 aliphatic carbocycles. The molecule has 3 rings (SSSR count). The molecule has 1 aliphatic rings. The van der Waals surface area contributed by atoms with Crippen LogP contribution in [0.2, 0.25) is 0 Å². The van der Waals surface area contributed by atoms with Gasteiger partial charge >= 0.3 is 6.09 Å². The summed E-state index contributed by atoms with van der Waals surface area (Å²) < 4.78 is 11.1. The molecule has 0 bridgehead atoms. The van der Waals surface area contributed by atoms with Crippen LogP contribution in [0.25, 0.3) is 0 Å². The molecule has 3 amide bonds. The largest absolute Gasteiger partial charge is 0.444 e. The predicted molar refractivity (Wildman–Crippen MR) is 145 cm³/mol. The Bertz CT molecular complexity index is 1240. The Morgan fingerprint density at radius 2 is 1.82 bits per heavy atom. The molecule has 212 valence electrons. The summed E-state index contributed by atoms with van der Waals surface area (Å²) in [6.07, 6.45) is 0.161. The average molecular weight is 542 g/mol. The molecular weight excluding hydrogens is 502 g/mol. The maximum atomic E-state index is 13.7. The fourth-order valence-corrected chi connectivity index (χ4v) is 4.06. The lowest BCUT2D eigenvalue weighted by molar-refractivity contribution is -0.140. The van der Waals surface area contributed by atoms with Gasteiger partial charge in [0.25, 0.3) is 5.56 Å². The third-order valence-electron chi connectivity index (χ3n) is 6.15. The molecule has 0 radical (unpaired) electrons. The van der Waals surface area contributed by atoms with E-state index in [0.717, 1.165) is 5.56 Å². The number of alkyl carbamates (subject to hydrolysis) is 1. The molecule has 0 saturated heterocycles. The van der Waals surface area contributed by atoms with Crippen LogP contribution < -0.4 is 16.2 Å². The summed E-state index contributed by atoms with van der Waals surface area (Å²) in [5, 5.41) is 5.32. The van der Waals surface area contributed by atoms with Crippen LogP contribution in [-0.4, -0.2) is 63.1 Å². The highest BCUT2D eigenvalue weighted by molar-refractivity contribution is 5.93. The molecule has 11 heteroatoms. The quantitative estimate of drug-likeness (QED) is 0.442. The minimum atomic E-state index is -1.38. The monoisotopic (exact) mass is 541 g/mol. The first kappa shape index (κ1) is 29.8. The van der Waals surface area contributed by atoms with Crippen molar-refractivity contribution in [3.05, 3.63) is 63.3 Å². The van der Waals surface area contributed by atoms with Crippen LogP contribution in [0.1, 0.15) is 64.2 Å². The zero-order chi connectivity index (χ0) is 28.8. The van der Waals surface area contributed by atoms with E-state index in [9.17, 15) is 19.2 Å². The molecule has 0 fully saturated rings. The van der Waals surface area contributed by atoms with Crippen LogP contribution in [-0.2, 0) is 45.1 Å². The number of ether oxygens (including phenoxy) is 2. The van der Waals surface area contributed by atoms with Gasteiger partial charge in [-0.25, -0.2) is 9.78 Å². The van der Waals surface area contributed by atoms with E-state index in [-0.39, 0.29) is 31.2 Å². The van der Waals surface area contributed by atoms with Gasteiger partial charge in [-0.05, 0) is 46.6 Å². The second kappa shape index (κ2) is 12.4. The summed E-state index contributed by atoms with van der Waals surface area (Å²) in [5.74, 6) is -0.385. The van der Waals surface area contributed by atoms with E-state index in [1.54, 1.807) is 25.7 Å². The first-order chi connectivity index (χ1) is 18.3. The number of aromatic amines is 1. The highest BCUT2D eigenvalue weighted by Gasteiger charge is 2.36. The molecule has 11 nitrogen and oxygen atoms in total. The van der Waals surface area contributed by atoms with Crippen LogP contribution in [0.15, 0.2) is 35.1 Å². The topological polar surface area (TPSA) is 143 Å². The Morgan fingerprint density at radius 3 is 2.46 bits per heavy atom. The van der Waals surface area contributed by atoms with Gasteiger partial charge in [0.2, 0.25) is 11.8 Å². The lowest BCUT2D eigenvalue weighted by atomic mass is 10.0. The molecule has 1 aromatic heterocycles. The lowest BCUT2D eigenvalue weighted by Gasteiger charge is -2.33. The normalized spacial score (nSPS) is 14.3. The van der Waals surface area contributed by atoms with E-state index < -0.39 is 29.2 Å². The number of benzene rings is 1. The number of carbonyl (C=O) groups is 3. The van der Waals surface area contributed by atoms with Crippen molar-refractivity contribution in [3.8, 4) is 0 Å². The molecule has 1 unspecified atom stereocenters. The van der Waals surface area contributed by atoms with Gasteiger partial charge in [-0.15, -0.1) is 0 Å². The van der Waals surface area contributed by atoms with Gasteiger partial charge in [0.1, 0.15) is 23.0 Å². The summed E-state index contributed by atoms with van der Waals surface area (Å²) in [4.78, 5) is 60.6. The van der Waals surface area contributed by atoms with E-state index in [0.29, 0.717) is 36.5 Å². The third kappa shape index (κ3) is 8.38. The van der Waals surface area contributed by atoms with Crippen LogP contribution in [0, 0.1) is 0 Å². The molecule has 1 aliphatic heterocycles. The van der Waals surface area contributed by atoms with Gasteiger partial charge in [0, 0.05) is 18.5 Å². The number of nitrogens with one attached hydrogen (secondary N) is 3. The van der Waals surface area contributed by atoms with Crippen LogP contribution >= 0.6 is 0 Å². The number of hydrogen-bond acceptors (Lipinski definition) is 7. The second-order valence-corrected chi connectivity index (χ2v) is 11.1. The van der Waals surface area contributed by atoms with E-state index in [1.165, 1.54) is 13.8 Å². The number of carbonyl (C=O) groups excluding carboxylic acids is 3. The molecule has 39 heavy (non-hydrogen) atoms. The fraction of sp³-hybridized carbons (Fsp3) is 0.536. The number of amides is 3. The van der Waals surface area contributed by atoms with Crippen molar-refractivity contribution in [2.75, 3.05) is 13.2 Å². The first-order valence-electron chi connectivity index (χ1n) is 13.1. The Balaban J connectivity index is 1.76. The number of aryl methyl sites for hydroxylation is 1. The zero-order valence-corrected chi connectivity index (χ0v) is 23.6. The number of H-pyrrole nitrogens is 1. The maximum absolute atomic E-state index is 13.7. The average Bonchev–Trinajstić information content (AvgIpc) is 2.86. The highest BCUT2D eigenvalue weighted by Crippen LogP contribution is 2.16. The van der Waals surface area contributed by atoms with Crippen molar-refractivity contribution >= 4 is 17.9 Å². The number of hydrogen-bond donors (Lipinski definition) is 3. The predicted octanol–water partition coefficient (Wildman–Crippen LogP) is 2.22. The Kier molecular flexibility index (Phi) is 9.49. The SMILES string of the molecule is CCc1nc2c(c(=O)[nH]1)CCN(C(=O)C(COCc1ccccc1)NC(=O)C(C)(C)NC(=O)OC(C)(C)C)C2. The maximum Gasteiger partial charge on any atom is 0.408 e. The molecule has 1 aromatic carbocycles. The molecule has 2 heterocycles. The standard InChI is InChI=1S/C28H39N5O6/c1-7-22-29-20-15-33(14-13-19(20)23(34)31-22)24(35)21(17-38-16-18-11-9-8-10-12-18)30-25(36)28(5,6)32-26(37)39-27(2,3)4/h8-12,21H,7,13-17H2,1-6H3,(H,30,36)(H,32,37)(H,29,31,34). The molecule has 3 N–H and O–H groups in total. The molecule has 0 spiro atoms. The molecule has 0 saturated carbocycles. The lowest BCUT2D eigenvalue weighted by Crippen LogP contribution is -2.60. The molecule has 2 aromatic rings. The second-order valence-electron chi connectivity index (χ2n) is 11.1. The van der Waals surface area contributed by atoms with Gasteiger partial charge < -0.3 is 30.0 Å². The van der Waals surface area contributed by atoms with Crippen molar-refractivity contribution in [2.24, 2.45) is 0 Å². The summed E-state index contributed by atoms with van der Waals surface area (Å²) >= 11 is 0. The van der Waals surface area contributed by atoms with Gasteiger partial charge in [0.05, 0.1) is 25.5 Å². The van der Waals surface area contributed by atoms with Crippen molar-refractivity contribution in [2.45, 2.75) is 84.7 Å². The van der Waals surface area contributed by atoms with E-state index in [4.69, 9.17) is 9.47 Å². The zero-order valence-electron chi connectivity index (χ0n) is 23.6. The van der Waals surface area contributed by atoms with Crippen LogP contribution in [0.5, 0.6) is 0 Å². The summed E-state index contributed by atoms with van der Waals surface area (Å²) in [6.45, 7) is 10.7. The number of nitrogens with zero attached hydrogens (tertiary/aromatic N) is 2. The number of aromatic nitrogens is 2. The Morgan fingerprint density at radius 1 is 1.13 bits per heavy atom. The van der Waals surface area contributed by atoms with Crippen LogP contribution in [0.4, 0.5) is 4.79 Å². The molecular formula is C28H39N5O6. The third-order valence-corrected chi connectivity index (χ3v) is 6.15. The van der Waals surface area contributed by atoms with E-state index >= 15 is 0 Å². The fourth-order valence-electron chi connectivity index (χ4n) is 4.06. The smallest absolute Gasteiger partial charge is 0.408 e. The Hall–Kier alpha value is -3.73. The van der Waals surface area contributed by atoms with Crippen molar-refractivity contribution in [1.82, 2.24) is 25.5 Å². The van der Waals surface area contributed by atoms with Gasteiger partial charge in [0.15, 0.2) is 0 Å². The summed E-state index contributed by atoms with van der Waals surface area (Å²) in [7, 11) is 0. The van der Waals surface area contributed by atoms with Gasteiger partial charge in [-0.1, -0.05) is 37.3 Å². The summed E-state index contributed by atoms with van der Waals surface area (Å²) in [5.41, 5.74) is -0.255. The van der Waals surface area contributed by atoms with Gasteiger partial charge in [-0.3, -0.25) is 14.4 Å². The number of rotatable bonds is 9. The summed E-state index contributed by atoms with van der Waals surface area (Å²) in [6, 6.07) is 8.44. The minimum absolute atomic E-state index is 0.0889. The van der Waals surface area contributed by atoms with Crippen molar-refractivity contribution in [3.63, 3.8) is 0 Å². The van der Waals surface area contributed by atoms with Crippen molar-refractivity contribution < 1.29 is 23.9 Å². The van der Waals surface area contributed by atoms with Crippen molar-refractivity contribution in [1.29, 1.82) is 0 Å². The van der Waals surface area contributed by atoms with E-state index in [1.807, 2.05) is 37.3 Å². The van der Waals surface area contributed by atoms with Gasteiger partial charge in [-0.2, -0.15) is 0 Å². The van der Waals surface area contributed by atoms with Crippen LogP contribution in [0.3, 0.4) is 0 Å². The number of fused-ring (bicyclic) bond motifs is 1. The van der Waals surface area contributed by atoms with E-state index in [2.05, 4.69) is 20.6 Å². The Labute approximate surface area is 228 Å². The highest BCUT2D eigenvalue weighted by atomic mass is 16.6.